The molecule has 0 N–H and O–H groups in total. The summed E-state index contributed by atoms with van der Waals surface area (Å²) < 4.78 is 24.5. The van der Waals surface area contributed by atoms with E-state index in [9.17, 15) is 13.7 Å². The number of nitriles is 2. The molecule has 0 aliphatic carbocycles. The summed E-state index contributed by atoms with van der Waals surface area (Å²) in [5.41, 5.74) is 1.34. The fourth-order valence-electron chi connectivity index (χ4n) is 2.43. The Labute approximate surface area is 112 Å². The van der Waals surface area contributed by atoms with Crippen molar-refractivity contribution in [2.75, 3.05) is 0 Å². The summed E-state index contributed by atoms with van der Waals surface area (Å²) in [5, 5.41) is 17.0. The van der Waals surface area contributed by atoms with Gasteiger partial charge >= 0.3 is 0 Å². The van der Waals surface area contributed by atoms with Crippen LogP contribution in [0.3, 0.4) is 0 Å². The van der Waals surface area contributed by atoms with E-state index >= 15 is 0 Å². The van der Waals surface area contributed by atoms with E-state index in [0.29, 0.717) is 12.0 Å². The predicted octanol–water partition coefficient (Wildman–Crippen LogP) is 2.28. The highest BCUT2D eigenvalue weighted by molar-refractivity contribution is 7.96. The molecular formula is C14H12N2O2S. The Morgan fingerprint density at radius 1 is 1.21 bits per heavy atom. The molecule has 1 heterocycles. The number of hydrogen-bond acceptors (Lipinski definition) is 4. The highest BCUT2D eigenvalue weighted by Gasteiger charge is 2.42. The van der Waals surface area contributed by atoms with E-state index in [4.69, 9.17) is 5.26 Å². The molecule has 0 amide bonds. The second kappa shape index (κ2) is 4.87. The minimum atomic E-state index is -3.85. The summed E-state index contributed by atoms with van der Waals surface area (Å²) in [5.74, 6) is -0.409. The molecule has 0 bridgehead atoms. The van der Waals surface area contributed by atoms with Crippen LogP contribution >= 0.6 is 0 Å². The summed E-state index contributed by atoms with van der Waals surface area (Å²) in [6, 6.07) is 12.7. The summed E-state index contributed by atoms with van der Waals surface area (Å²) >= 11 is 0. The van der Waals surface area contributed by atoms with Crippen LogP contribution in [0.15, 0.2) is 40.8 Å². The first-order valence-corrected chi connectivity index (χ1v) is 7.35. The van der Waals surface area contributed by atoms with E-state index in [1.54, 1.807) is 13.0 Å². The fraction of sp³-hybridized carbons (Fsp3) is 0.286. The van der Waals surface area contributed by atoms with Crippen molar-refractivity contribution in [2.45, 2.75) is 24.5 Å². The largest absolute Gasteiger partial charge is 0.222 e. The van der Waals surface area contributed by atoms with Gasteiger partial charge in [0.25, 0.3) is 0 Å². The molecule has 0 radical (unpaired) electrons. The van der Waals surface area contributed by atoms with Gasteiger partial charge < -0.3 is 0 Å². The molecule has 0 saturated carbocycles. The normalized spacial score (nSPS) is 25.4. The molecule has 1 aromatic carbocycles. The Morgan fingerprint density at radius 2 is 1.84 bits per heavy atom. The first-order valence-electron chi connectivity index (χ1n) is 5.80. The van der Waals surface area contributed by atoms with Crippen LogP contribution < -0.4 is 0 Å². The van der Waals surface area contributed by atoms with Gasteiger partial charge in [-0.05, 0) is 24.5 Å². The van der Waals surface area contributed by atoms with Gasteiger partial charge in [-0.1, -0.05) is 30.3 Å². The third-order valence-corrected chi connectivity index (χ3v) is 5.47. The first kappa shape index (κ1) is 13.3. The van der Waals surface area contributed by atoms with Crippen molar-refractivity contribution in [1.29, 1.82) is 10.5 Å². The highest BCUT2D eigenvalue weighted by Crippen LogP contribution is 2.39. The van der Waals surface area contributed by atoms with Gasteiger partial charge in [0.1, 0.15) is 11.0 Å². The van der Waals surface area contributed by atoms with E-state index in [2.05, 4.69) is 0 Å². The van der Waals surface area contributed by atoms with Crippen LogP contribution in [-0.4, -0.2) is 13.7 Å². The van der Waals surface area contributed by atoms with E-state index in [0.717, 1.165) is 5.56 Å². The maximum absolute atomic E-state index is 12.3. The molecule has 2 rings (SSSR count). The monoisotopic (exact) mass is 272 g/mol. The molecular weight excluding hydrogens is 260 g/mol. The zero-order chi connectivity index (χ0) is 14.0. The van der Waals surface area contributed by atoms with Crippen molar-refractivity contribution < 1.29 is 8.42 Å². The van der Waals surface area contributed by atoms with Gasteiger partial charge in [-0.15, -0.1) is 0 Å². The lowest BCUT2D eigenvalue weighted by molar-refractivity contribution is 0.570. The van der Waals surface area contributed by atoms with Gasteiger partial charge in [-0.3, -0.25) is 0 Å². The number of allylic oxidation sites excluding steroid dienone is 2. The summed E-state index contributed by atoms with van der Waals surface area (Å²) in [6.45, 7) is 1.64. The molecule has 19 heavy (non-hydrogen) atoms. The van der Waals surface area contributed by atoms with Gasteiger partial charge in [0.2, 0.25) is 9.84 Å². The first-order chi connectivity index (χ1) is 9.02. The summed E-state index contributed by atoms with van der Waals surface area (Å²) in [4.78, 5) is -0.244. The molecule has 4 nitrogen and oxygen atoms in total. The number of benzene rings is 1. The number of nitrogens with zero attached hydrogens (tertiary/aromatic N) is 2. The van der Waals surface area contributed by atoms with Crippen LogP contribution in [0.5, 0.6) is 0 Å². The van der Waals surface area contributed by atoms with Crippen molar-refractivity contribution in [1.82, 2.24) is 0 Å². The average molecular weight is 272 g/mol. The third kappa shape index (κ3) is 2.14. The van der Waals surface area contributed by atoms with Crippen molar-refractivity contribution >= 4 is 9.84 Å². The van der Waals surface area contributed by atoms with E-state index < -0.39 is 21.0 Å². The van der Waals surface area contributed by atoms with E-state index in [1.165, 1.54) is 0 Å². The zero-order valence-electron chi connectivity index (χ0n) is 10.4. The Hall–Kier alpha value is -2.11. The second-order valence-corrected chi connectivity index (χ2v) is 6.54. The quantitative estimate of drug-likeness (QED) is 0.785. The standard InChI is InChI=1S/C14H12N2O2S/c1-10-7-12(11-5-3-2-4-6-11)14(9-16)19(17,18)13(10)8-15/h2-6,12,14H,7H2,1H3/t12-,14-/m0/s1. The van der Waals surface area contributed by atoms with E-state index in [-0.39, 0.29) is 4.91 Å². The van der Waals surface area contributed by atoms with Crippen molar-refractivity contribution in [2.24, 2.45) is 0 Å². The Kier molecular flexibility index (Phi) is 3.42. The Bertz CT molecular complexity index is 706. The molecule has 0 spiro atoms. The maximum atomic E-state index is 12.3. The van der Waals surface area contributed by atoms with Crippen LogP contribution in [0.25, 0.3) is 0 Å². The average Bonchev–Trinajstić information content (AvgIpc) is 2.38. The van der Waals surface area contributed by atoms with Gasteiger partial charge in [-0.2, -0.15) is 10.5 Å². The third-order valence-electron chi connectivity index (χ3n) is 3.35. The molecule has 1 aliphatic heterocycles. The van der Waals surface area contributed by atoms with E-state index in [1.807, 2.05) is 36.4 Å². The van der Waals surface area contributed by atoms with Crippen LogP contribution in [0.4, 0.5) is 0 Å². The maximum Gasteiger partial charge on any atom is 0.205 e. The van der Waals surface area contributed by atoms with Gasteiger partial charge in [0.15, 0.2) is 5.25 Å². The summed E-state index contributed by atoms with van der Waals surface area (Å²) in [6.07, 6.45) is 0.421. The molecule has 1 aromatic rings. The lowest BCUT2D eigenvalue weighted by Crippen LogP contribution is -2.32. The minimum absolute atomic E-state index is 0.244. The van der Waals surface area contributed by atoms with Crippen LogP contribution in [0.2, 0.25) is 0 Å². The lowest BCUT2D eigenvalue weighted by atomic mass is 9.89. The summed E-state index contributed by atoms with van der Waals surface area (Å²) in [7, 11) is -3.85. The molecule has 2 atom stereocenters. The van der Waals surface area contributed by atoms with Crippen molar-refractivity contribution in [3.63, 3.8) is 0 Å². The predicted molar refractivity (Wildman–Crippen MR) is 70.4 cm³/mol. The number of hydrogen-bond donors (Lipinski definition) is 0. The highest BCUT2D eigenvalue weighted by atomic mass is 32.2. The molecule has 5 heteroatoms. The molecule has 0 fully saturated rings. The molecule has 0 aromatic heterocycles. The second-order valence-electron chi connectivity index (χ2n) is 4.54. The van der Waals surface area contributed by atoms with Crippen LogP contribution in [0.1, 0.15) is 24.8 Å². The van der Waals surface area contributed by atoms with Gasteiger partial charge in [0, 0.05) is 5.92 Å². The molecule has 96 valence electrons. The van der Waals surface area contributed by atoms with Gasteiger partial charge in [0.05, 0.1) is 6.07 Å². The fourth-order valence-corrected chi connectivity index (χ4v) is 4.20. The van der Waals surface area contributed by atoms with Crippen molar-refractivity contribution in [3.8, 4) is 12.1 Å². The van der Waals surface area contributed by atoms with Crippen molar-refractivity contribution in [3.05, 3.63) is 46.4 Å². The molecule has 1 aliphatic rings. The Balaban J connectivity index is 2.60. The number of rotatable bonds is 1. The topological polar surface area (TPSA) is 81.7 Å². The SMILES string of the molecule is CC1=C(C#N)S(=O)(=O)[C@@H](C#N)[C@H](c2ccccc2)C1. The van der Waals surface area contributed by atoms with Gasteiger partial charge in [-0.25, -0.2) is 8.42 Å². The molecule has 0 saturated heterocycles. The minimum Gasteiger partial charge on any atom is -0.222 e. The van der Waals surface area contributed by atoms with Crippen LogP contribution in [0, 0.1) is 22.7 Å². The smallest absolute Gasteiger partial charge is 0.205 e. The Morgan fingerprint density at radius 3 is 2.37 bits per heavy atom. The number of sulfone groups is 1. The lowest BCUT2D eigenvalue weighted by Gasteiger charge is -2.27. The zero-order valence-corrected chi connectivity index (χ0v) is 11.2. The molecule has 0 unspecified atom stereocenters. The van der Waals surface area contributed by atoms with Crippen LogP contribution in [-0.2, 0) is 9.84 Å².